The fraction of sp³-hybridized carbons (Fsp3) is 0.364. The highest BCUT2D eigenvalue weighted by Gasteiger charge is 2.19. The number of aliphatic hydroxyl groups is 1. The molecule has 1 aliphatic rings. The number of nitrogens with one attached hydrogen (secondary N) is 2. The monoisotopic (exact) mass is 206 g/mol. The van der Waals surface area contributed by atoms with Crippen LogP contribution in [0.1, 0.15) is 17.2 Å². The average Bonchev–Trinajstić information content (AvgIpc) is 2.59. The number of fused-ring (bicyclic) bond motifs is 1. The van der Waals surface area contributed by atoms with Gasteiger partial charge in [0.2, 0.25) is 5.91 Å². The molecule has 4 nitrogen and oxygen atoms in total. The number of rotatable bonds is 3. The predicted octanol–water partition coefficient (Wildman–Crippen LogP) is 0.434. The van der Waals surface area contributed by atoms with Crippen LogP contribution in [0.2, 0.25) is 0 Å². The second kappa shape index (κ2) is 4.00. The van der Waals surface area contributed by atoms with Gasteiger partial charge in [0, 0.05) is 5.69 Å². The van der Waals surface area contributed by atoms with Gasteiger partial charge in [-0.2, -0.15) is 0 Å². The molecule has 1 amide bonds. The minimum absolute atomic E-state index is 0.0344. The molecule has 3 N–H and O–H groups in total. The Labute approximate surface area is 88.3 Å². The maximum atomic E-state index is 11.1. The zero-order valence-electron chi connectivity index (χ0n) is 8.58. The van der Waals surface area contributed by atoms with Crippen molar-refractivity contribution in [1.82, 2.24) is 5.32 Å². The smallest absolute Gasteiger partial charge is 0.228 e. The van der Waals surface area contributed by atoms with Crippen LogP contribution >= 0.6 is 0 Å². The van der Waals surface area contributed by atoms with Crippen LogP contribution in [-0.2, 0) is 11.2 Å². The molecular weight excluding hydrogens is 192 g/mol. The highest BCUT2D eigenvalue weighted by atomic mass is 16.3. The summed E-state index contributed by atoms with van der Waals surface area (Å²) in [6.45, 7) is 0.0522. The highest BCUT2D eigenvalue weighted by Crippen LogP contribution is 2.26. The number of aliphatic hydroxyl groups excluding tert-OH is 1. The lowest BCUT2D eigenvalue weighted by atomic mass is 10.0. The van der Waals surface area contributed by atoms with Crippen LogP contribution in [0.15, 0.2) is 18.2 Å². The van der Waals surface area contributed by atoms with Gasteiger partial charge in [-0.1, -0.05) is 12.1 Å². The van der Waals surface area contributed by atoms with Crippen molar-refractivity contribution in [2.45, 2.75) is 12.5 Å². The average molecular weight is 206 g/mol. The molecule has 0 aliphatic carbocycles. The molecule has 2 rings (SSSR count). The van der Waals surface area contributed by atoms with Gasteiger partial charge in [-0.3, -0.25) is 4.79 Å². The standard InChI is InChI=1S/C11H14N2O2/c1-12-10(6-14)7-2-3-9-8(4-7)5-11(15)13-9/h2-4,10,12,14H,5-6H2,1H3,(H,13,15). The van der Waals surface area contributed by atoms with E-state index in [1.165, 1.54) is 0 Å². The molecule has 1 aliphatic heterocycles. The summed E-state index contributed by atoms with van der Waals surface area (Å²) < 4.78 is 0. The highest BCUT2D eigenvalue weighted by molar-refractivity contribution is 5.99. The minimum Gasteiger partial charge on any atom is -0.394 e. The summed E-state index contributed by atoms with van der Waals surface area (Å²) in [7, 11) is 1.80. The molecule has 0 spiro atoms. The van der Waals surface area contributed by atoms with Gasteiger partial charge in [-0.25, -0.2) is 0 Å². The molecule has 15 heavy (non-hydrogen) atoms. The Morgan fingerprint density at radius 1 is 1.60 bits per heavy atom. The molecule has 1 atom stereocenters. The van der Waals surface area contributed by atoms with Crippen LogP contribution < -0.4 is 10.6 Å². The fourth-order valence-electron chi connectivity index (χ4n) is 1.83. The quantitative estimate of drug-likeness (QED) is 0.672. The van der Waals surface area contributed by atoms with Gasteiger partial charge in [0.05, 0.1) is 19.1 Å². The normalized spacial score (nSPS) is 16.0. The van der Waals surface area contributed by atoms with Crippen LogP contribution in [0.5, 0.6) is 0 Å². The van der Waals surface area contributed by atoms with E-state index in [1.54, 1.807) is 7.05 Å². The maximum absolute atomic E-state index is 11.1. The number of benzene rings is 1. The first-order valence-electron chi connectivity index (χ1n) is 4.95. The van der Waals surface area contributed by atoms with E-state index in [0.717, 1.165) is 16.8 Å². The lowest BCUT2D eigenvalue weighted by Crippen LogP contribution is -2.19. The summed E-state index contributed by atoms with van der Waals surface area (Å²) in [5.41, 5.74) is 2.90. The van der Waals surface area contributed by atoms with Crippen molar-refractivity contribution in [3.63, 3.8) is 0 Å². The van der Waals surface area contributed by atoms with Crippen LogP contribution in [0.25, 0.3) is 0 Å². The number of amides is 1. The Balaban J connectivity index is 2.30. The van der Waals surface area contributed by atoms with Crippen molar-refractivity contribution in [3.8, 4) is 0 Å². The van der Waals surface area contributed by atoms with Gasteiger partial charge >= 0.3 is 0 Å². The lowest BCUT2D eigenvalue weighted by Gasteiger charge is -2.14. The lowest BCUT2D eigenvalue weighted by molar-refractivity contribution is -0.115. The van der Waals surface area contributed by atoms with Crippen molar-refractivity contribution in [3.05, 3.63) is 29.3 Å². The number of hydrogen-bond acceptors (Lipinski definition) is 3. The molecule has 0 saturated carbocycles. The number of hydrogen-bond donors (Lipinski definition) is 3. The van der Waals surface area contributed by atoms with E-state index in [0.29, 0.717) is 6.42 Å². The Bertz CT molecular complexity index is 386. The van der Waals surface area contributed by atoms with Gasteiger partial charge in [0.25, 0.3) is 0 Å². The molecule has 1 unspecified atom stereocenters. The second-order valence-corrected chi connectivity index (χ2v) is 3.67. The van der Waals surface area contributed by atoms with Gasteiger partial charge in [-0.15, -0.1) is 0 Å². The molecule has 1 heterocycles. The Hall–Kier alpha value is -1.39. The van der Waals surface area contributed by atoms with Crippen LogP contribution in [0.4, 0.5) is 5.69 Å². The third kappa shape index (κ3) is 1.86. The summed E-state index contributed by atoms with van der Waals surface area (Å²) in [5, 5.41) is 14.9. The van der Waals surface area contributed by atoms with E-state index in [-0.39, 0.29) is 18.6 Å². The molecule has 80 valence electrons. The van der Waals surface area contributed by atoms with E-state index in [1.807, 2.05) is 18.2 Å². The number of likely N-dealkylation sites (N-methyl/N-ethyl adjacent to an activating group) is 1. The van der Waals surface area contributed by atoms with Gasteiger partial charge in [0.1, 0.15) is 0 Å². The zero-order valence-corrected chi connectivity index (χ0v) is 8.58. The number of carbonyl (C=O) groups is 1. The first-order valence-corrected chi connectivity index (χ1v) is 4.95. The van der Waals surface area contributed by atoms with Crippen LogP contribution in [0, 0.1) is 0 Å². The summed E-state index contributed by atoms with van der Waals surface area (Å²) in [4.78, 5) is 11.1. The number of carbonyl (C=O) groups excluding carboxylic acids is 1. The molecule has 1 aromatic rings. The summed E-state index contributed by atoms with van der Waals surface area (Å²) in [6.07, 6.45) is 0.436. The molecule has 0 bridgehead atoms. The van der Waals surface area contributed by atoms with Crippen molar-refractivity contribution < 1.29 is 9.90 Å². The van der Waals surface area contributed by atoms with Crippen LogP contribution in [-0.4, -0.2) is 24.7 Å². The third-order valence-corrected chi connectivity index (χ3v) is 2.69. The Morgan fingerprint density at radius 2 is 2.40 bits per heavy atom. The van der Waals surface area contributed by atoms with E-state index in [4.69, 9.17) is 5.11 Å². The summed E-state index contributed by atoms with van der Waals surface area (Å²) in [6, 6.07) is 5.70. The van der Waals surface area contributed by atoms with E-state index < -0.39 is 0 Å². The van der Waals surface area contributed by atoms with Gasteiger partial charge < -0.3 is 15.7 Å². The van der Waals surface area contributed by atoms with Crippen LogP contribution in [0.3, 0.4) is 0 Å². The SMILES string of the molecule is CNC(CO)c1ccc2c(c1)CC(=O)N2. The van der Waals surface area contributed by atoms with Gasteiger partial charge in [0.15, 0.2) is 0 Å². The number of anilines is 1. The van der Waals surface area contributed by atoms with Crippen molar-refractivity contribution >= 4 is 11.6 Å². The third-order valence-electron chi connectivity index (χ3n) is 2.69. The zero-order chi connectivity index (χ0) is 10.8. The van der Waals surface area contributed by atoms with Crippen molar-refractivity contribution in [1.29, 1.82) is 0 Å². The van der Waals surface area contributed by atoms with E-state index >= 15 is 0 Å². The molecule has 0 saturated heterocycles. The second-order valence-electron chi connectivity index (χ2n) is 3.67. The Kier molecular flexibility index (Phi) is 2.70. The van der Waals surface area contributed by atoms with Crippen molar-refractivity contribution in [2.24, 2.45) is 0 Å². The molecular formula is C11H14N2O2. The predicted molar refractivity (Wildman–Crippen MR) is 57.7 cm³/mol. The molecule has 1 aromatic carbocycles. The van der Waals surface area contributed by atoms with E-state index in [2.05, 4.69) is 10.6 Å². The molecule has 0 aromatic heterocycles. The van der Waals surface area contributed by atoms with Crippen molar-refractivity contribution in [2.75, 3.05) is 19.0 Å². The fourth-order valence-corrected chi connectivity index (χ4v) is 1.83. The first-order chi connectivity index (χ1) is 7.24. The van der Waals surface area contributed by atoms with Gasteiger partial charge in [-0.05, 0) is 24.2 Å². The molecule has 0 fully saturated rings. The van der Waals surface area contributed by atoms with E-state index in [9.17, 15) is 4.79 Å². The Morgan fingerprint density at radius 3 is 3.07 bits per heavy atom. The summed E-state index contributed by atoms with van der Waals surface area (Å²) in [5.74, 6) is 0.0344. The molecule has 4 heteroatoms. The first kappa shape index (κ1) is 10.1. The minimum atomic E-state index is -0.0639. The largest absolute Gasteiger partial charge is 0.394 e. The molecule has 0 radical (unpaired) electrons. The topological polar surface area (TPSA) is 61.4 Å². The summed E-state index contributed by atoms with van der Waals surface area (Å²) >= 11 is 0. The maximum Gasteiger partial charge on any atom is 0.228 e.